The second-order valence-electron chi connectivity index (χ2n) is 8.81. The number of pyridine rings is 1. The van der Waals surface area contributed by atoms with E-state index in [-0.39, 0.29) is 12.8 Å². The van der Waals surface area contributed by atoms with Crippen LogP contribution in [-0.2, 0) is 0 Å². The van der Waals surface area contributed by atoms with Crippen LogP contribution in [0.15, 0.2) is 36.8 Å². The molecule has 0 bridgehead atoms. The van der Waals surface area contributed by atoms with E-state index in [9.17, 15) is 5.11 Å². The van der Waals surface area contributed by atoms with Crippen molar-refractivity contribution in [2.24, 2.45) is 11.8 Å². The second kappa shape index (κ2) is 7.23. The number of ether oxygens (including phenoxy) is 2. The van der Waals surface area contributed by atoms with Gasteiger partial charge in [0.25, 0.3) is 0 Å². The highest BCUT2D eigenvalue weighted by molar-refractivity contribution is 5.94. The Bertz CT molecular complexity index is 1130. The SMILES string of the molecule is Cc1cc(N2C[C@H]3C[C@@H](Nc4cnccn4)[C@H](O)C[C@H]3C2)c2cc3c(cc2n1)OCO3. The molecule has 6 rings (SSSR count). The van der Waals surface area contributed by atoms with Gasteiger partial charge in [-0.1, -0.05) is 0 Å². The molecular weight excluding hydrogens is 394 g/mol. The molecule has 8 heteroatoms. The van der Waals surface area contributed by atoms with Crippen molar-refractivity contribution in [3.05, 3.63) is 42.5 Å². The lowest BCUT2D eigenvalue weighted by atomic mass is 9.77. The van der Waals surface area contributed by atoms with Gasteiger partial charge in [0, 0.05) is 48.3 Å². The van der Waals surface area contributed by atoms with Crippen LogP contribution in [0, 0.1) is 18.8 Å². The molecule has 1 saturated carbocycles. The maximum atomic E-state index is 10.8. The first-order valence-electron chi connectivity index (χ1n) is 10.8. The number of aliphatic hydroxyl groups excluding tert-OH is 1. The summed E-state index contributed by atoms with van der Waals surface area (Å²) >= 11 is 0. The van der Waals surface area contributed by atoms with Crippen molar-refractivity contribution in [3.63, 3.8) is 0 Å². The Morgan fingerprint density at radius 3 is 2.68 bits per heavy atom. The Kier molecular flexibility index (Phi) is 4.34. The van der Waals surface area contributed by atoms with E-state index in [4.69, 9.17) is 14.5 Å². The summed E-state index contributed by atoms with van der Waals surface area (Å²) < 4.78 is 11.2. The number of anilines is 2. The van der Waals surface area contributed by atoms with E-state index in [0.29, 0.717) is 17.7 Å². The standard InChI is InChI=1S/C23H25N5O3/c1-13-4-19(16-7-21-22(31-12-30-21)8-17(16)26-13)28-10-14-5-18(20(29)6-15(14)11-28)27-23-9-24-2-3-25-23/h2-4,7-9,14-15,18,20,29H,5-6,10-12H2,1H3,(H,25,27)/t14-,15+,18-,20-/m1/s1. The maximum absolute atomic E-state index is 10.8. The number of nitrogens with zero attached hydrogens (tertiary/aromatic N) is 4. The summed E-state index contributed by atoms with van der Waals surface area (Å²) in [4.78, 5) is 15.6. The summed E-state index contributed by atoms with van der Waals surface area (Å²) in [5.41, 5.74) is 3.10. The maximum Gasteiger partial charge on any atom is 0.231 e. The van der Waals surface area contributed by atoms with Gasteiger partial charge in [-0.15, -0.1) is 0 Å². The van der Waals surface area contributed by atoms with Gasteiger partial charge in [0.1, 0.15) is 5.82 Å². The van der Waals surface area contributed by atoms with Crippen LogP contribution >= 0.6 is 0 Å². The molecule has 0 unspecified atom stereocenters. The van der Waals surface area contributed by atoms with E-state index in [1.54, 1.807) is 18.6 Å². The van der Waals surface area contributed by atoms with Crippen molar-refractivity contribution >= 4 is 22.4 Å². The fourth-order valence-electron chi connectivity index (χ4n) is 5.33. The molecule has 4 atom stereocenters. The van der Waals surface area contributed by atoms with Gasteiger partial charge in [-0.3, -0.25) is 9.97 Å². The van der Waals surface area contributed by atoms with Gasteiger partial charge in [-0.25, -0.2) is 4.98 Å². The molecule has 1 aliphatic carbocycles. The highest BCUT2D eigenvalue weighted by Gasteiger charge is 2.42. The Labute approximate surface area is 180 Å². The third-order valence-corrected chi connectivity index (χ3v) is 6.79. The first-order valence-corrected chi connectivity index (χ1v) is 10.8. The number of aryl methyl sites for hydroxylation is 1. The van der Waals surface area contributed by atoms with Gasteiger partial charge in [0.2, 0.25) is 6.79 Å². The van der Waals surface area contributed by atoms with Crippen LogP contribution in [0.1, 0.15) is 18.5 Å². The Balaban J connectivity index is 1.27. The fourth-order valence-corrected chi connectivity index (χ4v) is 5.33. The van der Waals surface area contributed by atoms with Crippen molar-refractivity contribution in [1.82, 2.24) is 15.0 Å². The molecule has 8 nitrogen and oxygen atoms in total. The topological polar surface area (TPSA) is 92.6 Å². The molecule has 3 aliphatic rings. The van der Waals surface area contributed by atoms with E-state index in [1.807, 2.05) is 13.0 Å². The molecule has 2 aliphatic heterocycles. The molecular formula is C23H25N5O3. The fraction of sp³-hybridized carbons (Fsp3) is 0.435. The van der Waals surface area contributed by atoms with Crippen LogP contribution < -0.4 is 19.7 Å². The number of aromatic nitrogens is 3. The summed E-state index contributed by atoms with van der Waals surface area (Å²) in [6, 6.07) is 6.17. The zero-order valence-electron chi connectivity index (χ0n) is 17.4. The van der Waals surface area contributed by atoms with Crippen LogP contribution in [0.5, 0.6) is 11.5 Å². The second-order valence-corrected chi connectivity index (χ2v) is 8.81. The predicted octanol–water partition coefficient (Wildman–Crippen LogP) is 2.75. The van der Waals surface area contributed by atoms with Gasteiger partial charge < -0.3 is 24.8 Å². The molecule has 3 aromatic rings. The molecule has 1 aromatic carbocycles. The van der Waals surface area contributed by atoms with E-state index >= 15 is 0 Å². The molecule has 1 saturated heterocycles. The zero-order valence-corrected chi connectivity index (χ0v) is 17.4. The van der Waals surface area contributed by atoms with E-state index in [0.717, 1.165) is 54.0 Å². The number of hydrogen-bond donors (Lipinski definition) is 2. The normalized spacial score (nSPS) is 26.8. The molecule has 2 fully saturated rings. The summed E-state index contributed by atoms with van der Waals surface area (Å²) in [6.07, 6.45) is 6.32. The monoisotopic (exact) mass is 419 g/mol. The molecule has 160 valence electrons. The van der Waals surface area contributed by atoms with Crippen LogP contribution in [0.3, 0.4) is 0 Å². The minimum atomic E-state index is -0.395. The third-order valence-electron chi connectivity index (χ3n) is 6.79. The molecule has 2 aromatic heterocycles. The molecule has 31 heavy (non-hydrogen) atoms. The molecule has 0 amide bonds. The number of fused-ring (bicyclic) bond motifs is 3. The first-order chi connectivity index (χ1) is 15.1. The van der Waals surface area contributed by atoms with Gasteiger partial charge in [0.05, 0.1) is 23.9 Å². The van der Waals surface area contributed by atoms with Crippen molar-refractivity contribution in [1.29, 1.82) is 0 Å². The number of aliphatic hydroxyl groups is 1. The van der Waals surface area contributed by atoms with Gasteiger partial charge in [-0.2, -0.15) is 0 Å². The summed E-state index contributed by atoms with van der Waals surface area (Å²) in [5.74, 6) is 3.22. The lowest BCUT2D eigenvalue weighted by Gasteiger charge is -2.35. The van der Waals surface area contributed by atoms with Crippen LogP contribution in [0.25, 0.3) is 10.9 Å². The molecule has 0 radical (unpaired) electrons. The summed E-state index contributed by atoms with van der Waals surface area (Å²) in [5, 5.41) is 15.3. The molecule has 0 spiro atoms. The summed E-state index contributed by atoms with van der Waals surface area (Å²) in [7, 11) is 0. The van der Waals surface area contributed by atoms with Crippen LogP contribution in [0.4, 0.5) is 11.5 Å². The Hall–Kier alpha value is -3.13. The van der Waals surface area contributed by atoms with Crippen molar-refractivity contribution in [3.8, 4) is 11.5 Å². The van der Waals surface area contributed by atoms with E-state index < -0.39 is 6.10 Å². The van der Waals surface area contributed by atoms with Gasteiger partial charge >= 0.3 is 0 Å². The van der Waals surface area contributed by atoms with Crippen LogP contribution in [-0.4, -0.2) is 52.1 Å². The number of nitrogens with one attached hydrogen (secondary N) is 1. The number of hydrogen-bond acceptors (Lipinski definition) is 8. The van der Waals surface area contributed by atoms with E-state index in [1.165, 1.54) is 5.69 Å². The lowest BCUT2D eigenvalue weighted by molar-refractivity contribution is 0.0737. The Morgan fingerprint density at radius 2 is 1.87 bits per heavy atom. The highest BCUT2D eigenvalue weighted by Crippen LogP contribution is 2.43. The number of rotatable bonds is 3. The average molecular weight is 419 g/mol. The zero-order chi connectivity index (χ0) is 20.9. The Morgan fingerprint density at radius 1 is 1.06 bits per heavy atom. The average Bonchev–Trinajstić information content (AvgIpc) is 3.38. The van der Waals surface area contributed by atoms with E-state index in [2.05, 4.69) is 32.3 Å². The smallest absolute Gasteiger partial charge is 0.231 e. The first kappa shape index (κ1) is 18.6. The molecule has 2 N–H and O–H groups in total. The quantitative estimate of drug-likeness (QED) is 0.670. The summed E-state index contributed by atoms with van der Waals surface area (Å²) in [6.45, 7) is 4.18. The van der Waals surface area contributed by atoms with Crippen molar-refractivity contribution in [2.75, 3.05) is 30.1 Å². The minimum absolute atomic E-state index is 0.0114. The van der Waals surface area contributed by atoms with Crippen LogP contribution in [0.2, 0.25) is 0 Å². The highest BCUT2D eigenvalue weighted by atomic mass is 16.7. The third kappa shape index (κ3) is 3.31. The van der Waals surface area contributed by atoms with Gasteiger partial charge in [0.15, 0.2) is 11.5 Å². The van der Waals surface area contributed by atoms with Crippen molar-refractivity contribution < 1.29 is 14.6 Å². The number of benzene rings is 1. The lowest BCUT2D eigenvalue weighted by Crippen LogP contribution is -2.43. The largest absolute Gasteiger partial charge is 0.454 e. The van der Waals surface area contributed by atoms with Gasteiger partial charge in [-0.05, 0) is 43.7 Å². The van der Waals surface area contributed by atoms with Crippen molar-refractivity contribution in [2.45, 2.75) is 31.9 Å². The predicted molar refractivity (Wildman–Crippen MR) is 116 cm³/mol. The minimum Gasteiger partial charge on any atom is -0.454 e. The molecule has 4 heterocycles.